The molecule has 0 bridgehead atoms. The Kier molecular flexibility index (Phi) is 4.95. The van der Waals surface area contributed by atoms with E-state index in [1.165, 1.54) is 0 Å². The maximum absolute atomic E-state index is 9.07. The lowest BCUT2D eigenvalue weighted by molar-refractivity contribution is 0.0114. The number of morpholine rings is 1. The van der Waals surface area contributed by atoms with Crippen LogP contribution in [0.3, 0.4) is 0 Å². The molecule has 9 nitrogen and oxygen atoms in total. The average molecular weight is 347 g/mol. The van der Waals surface area contributed by atoms with Gasteiger partial charge < -0.3 is 25.0 Å². The second kappa shape index (κ2) is 7.51. The monoisotopic (exact) mass is 347 g/mol. The van der Waals surface area contributed by atoms with Crippen LogP contribution in [-0.4, -0.2) is 88.5 Å². The van der Waals surface area contributed by atoms with Gasteiger partial charge in [-0.05, 0) is 12.8 Å². The smallest absolute Gasteiger partial charge is 0.229 e. The van der Waals surface area contributed by atoms with Gasteiger partial charge in [0.2, 0.25) is 5.95 Å². The van der Waals surface area contributed by atoms with Crippen LogP contribution in [0.5, 0.6) is 0 Å². The van der Waals surface area contributed by atoms with Crippen molar-refractivity contribution in [1.82, 2.24) is 24.8 Å². The third kappa shape index (κ3) is 3.53. The van der Waals surface area contributed by atoms with E-state index in [4.69, 9.17) is 9.84 Å². The fourth-order valence-corrected chi connectivity index (χ4v) is 3.64. The molecule has 9 heteroatoms. The predicted octanol–water partition coefficient (Wildman–Crippen LogP) is 0.0581. The van der Waals surface area contributed by atoms with E-state index in [1.807, 2.05) is 0 Å². The molecule has 2 aromatic rings. The van der Waals surface area contributed by atoms with Crippen LogP contribution < -0.4 is 10.2 Å². The number of imidazole rings is 1. The van der Waals surface area contributed by atoms with Crippen molar-refractivity contribution in [2.45, 2.75) is 18.9 Å². The predicted molar refractivity (Wildman–Crippen MR) is 94.9 cm³/mol. The molecule has 0 spiro atoms. The molecule has 2 fully saturated rings. The Bertz CT molecular complexity index is 693. The first-order chi connectivity index (χ1) is 12.3. The average Bonchev–Trinajstić information content (AvgIpc) is 3.16. The minimum Gasteiger partial charge on any atom is -0.395 e. The summed E-state index contributed by atoms with van der Waals surface area (Å²) in [6.07, 6.45) is 3.85. The molecule has 0 aromatic carbocycles. The summed E-state index contributed by atoms with van der Waals surface area (Å²) in [5.41, 5.74) is 1.43. The minimum atomic E-state index is 0.0555. The second-order valence-corrected chi connectivity index (χ2v) is 6.49. The summed E-state index contributed by atoms with van der Waals surface area (Å²) in [5.74, 6) is 1.40. The van der Waals surface area contributed by atoms with Crippen molar-refractivity contribution in [2.24, 2.45) is 0 Å². The molecule has 2 saturated heterocycles. The van der Waals surface area contributed by atoms with E-state index in [-0.39, 0.29) is 6.61 Å². The van der Waals surface area contributed by atoms with E-state index in [2.05, 4.69) is 35.1 Å². The number of aromatic nitrogens is 4. The lowest BCUT2D eigenvalue weighted by Crippen LogP contribution is -2.49. The molecule has 0 atom stereocenters. The maximum Gasteiger partial charge on any atom is 0.229 e. The van der Waals surface area contributed by atoms with Crippen LogP contribution in [0.4, 0.5) is 11.8 Å². The summed E-state index contributed by atoms with van der Waals surface area (Å²) in [6, 6.07) is 0.626. The van der Waals surface area contributed by atoms with Gasteiger partial charge in [0, 0.05) is 38.8 Å². The van der Waals surface area contributed by atoms with E-state index in [9.17, 15) is 0 Å². The molecular weight excluding hydrogens is 322 g/mol. The van der Waals surface area contributed by atoms with Gasteiger partial charge in [0.15, 0.2) is 11.5 Å². The van der Waals surface area contributed by atoms with Crippen LogP contribution in [0.15, 0.2) is 6.33 Å². The number of hydrogen-bond donors (Lipinski definition) is 3. The normalized spacial score (nSPS) is 20.3. The number of rotatable bonds is 5. The van der Waals surface area contributed by atoms with Crippen molar-refractivity contribution in [3.63, 3.8) is 0 Å². The van der Waals surface area contributed by atoms with Gasteiger partial charge in [-0.25, -0.2) is 4.98 Å². The first-order valence-electron chi connectivity index (χ1n) is 8.98. The van der Waals surface area contributed by atoms with Gasteiger partial charge in [0.05, 0.1) is 26.1 Å². The highest BCUT2D eigenvalue weighted by molar-refractivity contribution is 5.83. The Morgan fingerprint density at radius 3 is 2.76 bits per heavy atom. The summed E-state index contributed by atoms with van der Waals surface area (Å²) in [6.45, 7) is 6.15. The molecule has 2 aliphatic rings. The van der Waals surface area contributed by atoms with Gasteiger partial charge in [-0.3, -0.25) is 4.90 Å². The zero-order valence-corrected chi connectivity index (χ0v) is 14.3. The fourth-order valence-electron chi connectivity index (χ4n) is 3.64. The highest BCUT2D eigenvalue weighted by Gasteiger charge is 2.27. The van der Waals surface area contributed by atoms with Gasteiger partial charge in [-0.1, -0.05) is 0 Å². The minimum absolute atomic E-state index is 0.0555. The lowest BCUT2D eigenvalue weighted by Gasteiger charge is -2.40. The molecule has 2 aliphatic heterocycles. The van der Waals surface area contributed by atoms with Crippen LogP contribution in [0.1, 0.15) is 12.8 Å². The summed E-state index contributed by atoms with van der Waals surface area (Å²) in [4.78, 5) is 21.4. The zero-order chi connectivity index (χ0) is 17.1. The molecule has 136 valence electrons. The van der Waals surface area contributed by atoms with Crippen molar-refractivity contribution < 1.29 is 9.84 Å². The number of piperidine rings is 1. The van der Waals surface area contributed by atoms with Crippen LogP contribution >= 0.6 is 0 Å². The standard InChI is InChI=1S/C16H25N7O2/c24-8-3-17-14-13-15(19-11-18-13)21-16(20-14)23-4-1-12(2-5-23)22-6-9-25-10-7-22/h11-12,24H,1-10H2,(H2,17,18,19,20,21). The molecule has 0 saturated carbocycles. The number of aromatic amines is 1. The number of aliphatic hydroxyl groups excluding tert-OH is 1. The van der Waals surface area contributed by atoms with Gasteiger partial charge >= 0.3 is 0 Å². The molecule has 0 radical (unpaired) electrons. The third-order valence-corrected chi connectivity index (χ3v) is 4.99. The quantitative estimate of drug-likeness (QED) is 0.698. The largest absolute Gasteiger partial charge is 0.395 e. The molecule has 2 aromatic heterocycles. The summed E-state index contributed by atoms with van der Waals surface area (Å²) in [5, 5.41) is 12.2. The molecule has 0 aliphatic carbocycles. The lowest BCUT2D eigenvalue weighted by atomic mass is 10.0. The van der Waals surface area contributed by atoms with Crippen molar-refractivity contribution in [2.75, 3.05) is 62.8 Å². The summed E-state index contributed by atoms with van der Waals surface area (Å²) in [7, 11) is 0. The SMILES string of the molecule is OCCNc1nc(N2CCC(N3CCOCC3)CC2)nc2nc[nH]c12. The number of H-pyrrole nitrogens is 1. The van der Waals surface area contributed by atoms with Crippen LogP contribution in [0.25, 0.3) is 11.2 Å². The van der Waals surface area contributed by atoms with Gasteiger partial charge in [-0.15, -0.1) is 0 Å². The van der Waals surface area contributed by atoms with Gasteiger partial charge in [0.25, 0.3) is 0 Å². The fraction of sp³-hybridized carbons (Fsp3) is 0.688. The molecule has 4 heterocycles. The van der Waals surface area contributed by atoms with Crippen LogP contribution in [0.2, 0.25) is 0 Å². The van der Waals surface area contributed by atoms with Crippen LogP contribution in [0, 0.1) is 0 Å². The third-order valence-electron chi connectivity index (χ3n) is 4.99. The number of anilines is 2. The van der Waals surface area contributed by atoms with E-state index < -0.39 is 0 Å². The van der Waals surface area contributed by atoms with E-state index in [1.54, 1.807) is 6.33 Å². The second-order valence-electron chi connectivity index (χ2n) is 6.49. The Hall–Kier alpha value is -1.97. The van der Waals surface area contributed by atoms with E-state index in [0.29, 0.717) is 30.0 Å². The van der Waals surface area contributed by atoms with Gasteiger partial charge in [-0.2, -0.15) is 9.97 Å². The number of hydrogen-bond acceptors (Lipinski definition) is 8. The molecule has 3 N–H and O–H groups in total. The molecule has 0 amide bonds. The topological polar surface area (TPSA) is 102 Å². The first kappa shape index (κ1) is 16.5. The Morgan fingerprint density at radius 1 is 1.20 bits per heavy atom. The number of nitrogens with one attached hydrogen (secondary N) is 2. The Balaban J connectivity index is 1.46. The summed E-state index contributed by atoms with van der Waals surface area (Å²) >= 11 is 0. The van der Waals surface area contributed by atoms with Gasteiger partial charge in [0.1, 0.15) is 5.52 Å². The number of aliphatic hydroxyl groups is 1. The number of nitrogens with zero attached hydrogens (tertiary/aromatic N) is 5. The summed E-state index contributed by atoms with van der Waals surface area (Å²) < 4.78 is 5.45. The number of ether oxygens (including phenoxy) is 1. The molecule has 25 heavy (non-hydrogen) atoms. The Labute approximate surface area is 146 Å². The molecular formula is C16H25N7O2. The zero-order valence-electron chi connectivity index (χ0n) is 14.3. The van der Waals surface area contributed by atoms with Crippen molar-refractivity contribution in [1.29, 1.82) is 0 Å². The van der Waals surface area contributed by atoms with Crippen molar-refractivity contribution in [3.05, 3.63) is 6.33 Å². The van der Waals surface area contributed by atoms with E-state index >= 15 is 0 Å². The highest BCUT2D eigenvalue weighted by Crippen LogP contribution is 2.24. The molecule has 0 unspecified atom stereocenters. The van der Waals surface area contributed by atoms with Crippen molar-refractivity contribution >= 4 is 22.9 Å². The van der Waals surface area contributed by atoms with E-state index in [0.717, 1.165) is 57.8 Å². The highest BCUT2D eigenvalue weighted by atomic mass is 16.5. The van der Waals surface area contributed by atoms with Crippen LogP contribution in [-0.2, 0) is 4.74 Å². The number of fused-ring (bicyclic) bond motifs is 1. The first-order valence-corrected chi connectivity index (χ1v) is 8.98. The Morgan fingerprint density at radius 2 is 2.00 bits per heavy atom. The molecule has 4 rings (SSSR count). The maximum atomic E-state index is 9.07. The van der Waals surface area contributed by atoms with Crippen molar-refractivity contribution in [3.8, 4) is 0 Å².